The van der Waals surface area contributed by atoms with Gasteiger partial charge < -0.3 is 10.6 Å². The summed E-state index contributed by atoms with van der Waals surface area (Å²) in [7, 11) is 0. The molecule has 4 nitrogen and oxygen atoms in total. The van der Waals surface area contributed by atoms with Crippen molar-refractivity contribution in [3.8, 4) is 0 Å². The van der Waals surface area contributed by atoms with Gasteiger partial charge in [0.2, 0.25) is 0 Å². The first-order valence-electron chi connectivity index (χ1n) is 8.75. The quantitative estimate of drug-likeness (QED) is 0.940. The van der Waals surface area contributed by atoms with E-state index >= 15 is 0 Å². The van der Waals surface area contributed by atoms with Gasteiger partial charge in [-0.2, -0.15) is 0 Å². The predicted octanol–water partition coefficient (Wildman–Crippen LogP) is 3.12. The number of hydrogen-bond donors (Lipinski definition) is 1. The number of piperidine rings is 1. The summed E-state index contributed by atoms with van der Waals surface area (Å²) in [5, 5.41) is 0. The van der Waals surface area contributed by atoms with Crippen molar-refractivity contribution in [2.45, 2.75) is 38.6 Å². The van der Waals surface area contributed by atoms with Crippen LogP contribution in [0.4, 0.5) is 0 Å². The number of nitrogens with two attached hydrogens (primary N) is 1. The molecule has 2 aromatic rings. The number of carbonyl (C=O) groups is 1. The molecule has 0 bridgehead atoms. The van der Waals surface area contributed by atoms with Crippen molar-refractivity contribution in [3.05, 3.63) is 65.0 Å². The second-order valence-corrected chi connectivity index (χ2v) is 6.37. The summed E-state index contributed by atoms with van der Waals surface area (Å²) < 4.78 is 0. The van der Waals surface area contributed by atoms with Crippen molar-refractivity contribution in [1.82, 2.24) is 9.88 Å². The molecule has 1 saturated heterocycles. The highest BCUT2D eigenvalue weighted by Gasteiger charge is 2.25. The Morgan fingerprint density at radius 2 is 2.04 bits per heavy atom. The van der Waals surface area contributed by atoms with E-state index in [0.29, 0.717) is 12.5 Å². The third kappa shape index (κ3) is 3.49. The van der Waals surface area contributed by atoms with E-state index in [1.165, 1.54) is 11.1 Å². The Hall–Kier alpha value is -2.20. The number of benzene rings is 1. The highest BCUT2D eigenvalue weighted by atomic mass is 16.2. The molecule has 1 aromatic carbocycles. The molecule has 0 radical (unpaired) electrons. The van der Waals surface area contributed by atoms with Crippen LogP contribution < -0.4 is 5.73 Å². The molecule has 2 N–H and O–H groups in total. The van der Waals surface area contributed by atoms with Crippen LogP contribution in [0.2, 0.25) is 0 Å². The summed E-state index contributed by atoms with van der Waals surface area (Å²) in [5.74, 6) is 0.634. The van der Waals surface area contributed by atoms with Gasteiger partial charge in [-0.3, -0.25) is 9.78 Å². The lowest BCUT2D eigenvalue weighted by atomic mass is 9.88. The van der Waals surface area contributed by atoms with Crippen LogP contribution in [0.25, 0.3) is 0 Å². The van der Waals surface area contributed by atoms with Crippen LogP contribution in [0.3, 0.4) is 0 Å². The number of pyridine rings is 1. The monoisotopic (exact) mass is 323 g/mol. The minimum absolute atomic E-state index is 0.120. The van der Waals surface area contributed by atoms with Gasteiger partial charge in [-0.25, -0.2) is 0 Å². The smallest absolute Gasteiger partial charge is 0.255 e. The molecule has 0 unspecified atom stereocenters. The third-order valence-corrected chi connectivity index (χ3v) is 4.90. The van der Waals surface area contributed by atoms with E-state index in [0.717, 1.165) is 43.6 Å². The van der Waals surface area contributed by atoms with Crippen LogP contribution in [-0.4, -0.2) is 28.9 Å². The fraction of sp³-hybridized carbons (Fsp3) is 0.400. The first kappa shape index (κ1) is 16.7. The number of carbonyl (C=O) groups excluding carboxylic acids is 1. The standard InChI is InChI=1S/C20H25N3O/c1-2-19-18(7-4-10-22-19)20(24)23-11-8-16(9-12-23)17-6-3-5-15(13-17)14-21/h3-7,10,13,16H,2,8-9,11-12,14,21H2,1H3. The summed E-state index contributed by atoms with van der Waals surface area (Å²) in [4.78, 5) is 19.1. The van der Waals surface area contributed by atoms with Crippen LogP contribution in [-0.2, 0) is 13.0 Å². The second-order valence-electron chi connectivity index (χ2n) is 6.37. The molecule has 3 rings (SSSR count). The van der Waals surface area contributed by atoms with E-state index in [1.807, 2.05) is 24.0 Å². The molecule has 0 atom stereocenters. The largest absolute Gasteiger partial charge is 0.339 e. The average molecular weight is 323 g/mol. The van der Waals surface area contributed by atoms with Gasteiger partial charge in [-0.15, -0.1) is 0 Å². The minimum atomic E-state index is 0.120. The van der Waals surface area contributed by atoms with Gasteiger partial charge in [0.1, 0.15) is 0 Å². The van der Waals surface area contributed by atoms with Crippen molar-refractivity contribution in [2.75, 3.05) is 13.1 Å². The minimum Gasteiger partial charge on any atom is -0.339 e. The summed E-state index contributed by atoms with van der Waals surface area (Å²) in [6.07, 6.45) is 4.54. The molecule has 0 saturated carbocycles. The van der Waals surface area contributed by atoms with E-state index < -0.39 is 0 Å². The number of rotatable bonds is 4. The van der Waals surface area contributed by atoms with E-state index in [4.69, 9.17) is 5.73 Å². The maximum Gasteiger partial charge on any atom is 0.255 e. The number of amides is 1. The van der Waals surface area contributed by atoms with E-state index in [2.05, 4.69) is 29.2 Å². The topological polar surface area (TPSA) is 59.2 Å². The van der Waals surface area contributed by atoms with E-state index in [9.17, 15) is 4.79 Å². The Labute approximate surface area is 143 Å². The van der Waals surface area contributed by atoms with Crippen molar-refractivity contribution >= 4 is 5.91 Å². The van der Waals surface area contributed by atoms with E-state index in [-0.39, 0.29) is 5.91 Å². The zero-order chi connectivity index (χ0) is 16.9. The molecule has 1 fully saturated rings. The first-order chi connectivity index (χ1) is 11.7. The van der Waals surface area contributed by atoms with Gasteiger partial charge in [0.25, 0.3) is 5.91 Å². The Balaban J connectivity index is 1.67. The Bertz CT molecular complexity index is 706. The maximum atomic E-state index is 12.8. The molecular formula is C20H25N3O. The molecule has 2 heterocycles. The Kier molecular flexibility index (Phi) is 5.26. The van der Waals surface area contributed by atoms with Crippen LogP contribution >= 0.6 is 0 Å². The lowest BCUT2D eigenvalue weighted by Crippen LogP contribution is -2.38. The molecular weight excluding hydrogens is 298 g/mol. The van der Waals surface area contributed by atoms with Crippen LogP contribution in [0.1, 0.15) is 52.9 Å². The molecule has 1 amide bonds. The Morgan fingerprint density at radius 3 is 2.75 bits per heavy atom. The normalized spacial score (nSPS) is 15.5. The fourth-order valence-electron chi connectivity index (χ4n) is 3.47. The number of aryl methyl sites for hydroxylation is 1. The van der Waals surface area contributed by atoms with Gasteiger partial charge >= 0.3 is 0 Å². The van der Waals surface area contributed by atoms with Gasteiger partial charge in [0.05, 0.1) is 11.3 Å². The van der Waals surface area contributed by atoms with Crippen LogP contribution in [0, 0.1) is 0 Å². The third-order valence-electron chi connectivity index (χ3n) is 4.90. The number of likely N-dealkylation sites (tertiary alicyclic amines) is 1. The van der Waals surface area contributed by atoms with Gasteiger partial charge in [0.15, 0.2) is 0 Å². The molecule has 1 aliphatic rings. The highest BCUT2D eigenvalue weighted by molar-refractivity contribution is 5.95. The fourth-order valence-corrected chi connectivity index (χ4v) is 3.47. The molecule has 4 heteroatoms. The van der Waals surface area contributed by atoms with Crippen molar-refractivity contribution in [2.24, 2.45) is 5.73 Å². The first-order valence-corrected chi connectivity index (χ1v) is 8.75. The highest BCUT2D eigenvalue weighted by Crippen LogP contribution is 2.29. The zero-order valence-corrected chi connectivity index (χ0v) is 14.2. The van der Waals surface area contributed by atoms with Gasteiger partial charge in [-0.1, -0.05) is 31.2 Å². The average Bonchev–Trinajstić information content (AvgIpc) is 2.67. The van der Waals surface area contributed by atoms with Gasteiger partial charge in [-0.05, 0) is 48.4 Å². The number of hydrogen-bond acceptors (Lipinski definition) is 3. The lowest BCUT2D eigenvalue weighted by molar-refractivity contribution is 0.0711. The molecule has 1 aliphatic heterocycles. The summed E-state index contributed by atoms with van der Waals surface area (Å²) >= 11 is 0. The number of nitrogens with zero attached hydrogens (tertiary/aromatic N) is 2. The predicted molar refractivity (Wildman–Crippen MR) is 95.8 cm³/mol. The SMILES string of the molecule is CCc1ncccc1C(=O)N1CCC(c2cccc(CN)c2)CC1. The Morgan fingerprint density at radius 1 is 1.25 bits per heavy atom. The van der Waals surface area contributed by atoms with Crippen LogP contribution in [0.15, 0.2) is 42.6 Å². The second kappa shape index (κ2) is 7.58. The lowest BCUT2D eigenvalue weighted by Gasteiger charge is -2.32. The summed E-state index contributed by atoms with van der Waals surface area (Å²) in [6.45, 7) is 4.21. The van der Waals surface area contributed by atoms with Crippen molar-refractivity contribution in [3.63, 3.8) is 0 Å². The molecule has 24 heavy (non-hydrogen) atoms. The molecule has 0 spiro atoms. The van der Waals surface area contributed by atoms with Gasteiger partial charge in [0, 0.05) is 25.8 Å². The molecule has 1 aromatic heterocycles. The zero-order valence-electron chi connectivity index (χ0n) is 14.2. The van der Waals surface area contributed by atoms with E-state index in [1.54, 1.807) is 6.20 Å². The van der Waals surface area contributed by atoms with Crippen LogP contribution in [0.5, 0.6) is 0 Å². The summed E-state index contributed by atoms with van der Waals surface area (Å²) in [5.41, 5.74) is 9.91. The van der Waals surface area contributed by atoms with Crippen molar-refractivity contribution < 1.29 is 4.79 Å². The number of aromatic nitrogens is 1. The molecule has 0 aliphatic carbocycles. The summed E-state index contributed by atoms with van der Waals surface area (Å²) in [6, 6.07) is 12.3. The van der Waals surface area contributed by atoms with Crippen molar-refractivity contribution in [1.29, 1.82) is 0 Å². The molecule has 126 valence electrons. The maximum absolute atomic E-state index is 12.8.